The van der Waals surface area contributed by atoms with E-state index >= 15 is 0 Å². The summed E-state index contributed by atoms with van der Waals surface area (Å²) in [5.74, 6) is 0. The van der Waals surface area contributed by atoms with E-state index in [2.05, 4.69) is 46.8 Å². The van der Waals surface area contributed by atoms with Crippen LogP contribution in [0.1, 0.15) is 23.6 Å². The fraction of sp³-hybridized carbons (Fsp3) is 0.368. The number of rotatable bonds is 4. The maximum atomic E-state index is 6.56. The summed E-state index contributed by atoms with van der Waals surface area (Å²) in [4.78, 5) is 3.79. The van der Waals surface area contributed by atoms with Gasteiger partial charge in [-0.25, -0.2) is 0 Å². The summed E-state index contributed by atoms with van der Waals surface area (Å²) >= 11 is 14.4. The van der Waals surface area contributed by atoms with E-state index in [9.17, 15) is 0 Å². The van der Waals surface area contributed by atoms with Crippen LogP contribution < -0.4 is 5.32 Å². The molecule has 24 heavy (non-hydrogen) atoms. The average Bonchev–Trinajstić information content (AvgIpc) is 2.87. The van der Waals surface area contributed by atoms with E-state index in [4.69, 9.17) is 23.2 Å². The van der Waals surface area contributed by atoms with Gasteiger partial charge in [0.2, 0.25) is 0 Å². The Morgan fingerprint density at radius 1 is 1.04 bits per heavy atom. The van der Waals surface area contributed by atoms with Gasteiger partial charge in [-0.15, -0.1) is 11.8 Å². The molecule has 2 aromatic carbocycles. The van der Waals surface area contributed by atoms with Gasteiger partial charge in [-0.1, -0.05) is 41.4 Å². The lowest BCUT2D eigenvalue weighted by atomic mass is 9.96. The Morgan fingerprint density at radius 3 is 2.54 bits per heavy atom. The molecule has 0 spiro atoms. The fourth-order valence-corrected chi connectivity index (χ4v) is 4.14. The lowest BCUT2D eigenvalue weighted by Crippen LogP contribution is -2.33. The highest BCUT2D eigenvalue weighted by Crippen LogP contribution is 2.35. The number of nitrogens with zero attached hydrogens (tertiary/aromatic N) is 1. The van der Waals surface area contributed by atoms with E-state index in [1.165, 1.54) is 10.5 Å². The van der Waals surface area contributed by atoms with Gasteiger partial charge in [0.25, 0.3) is 0 Å². The van der Waals surface area contributed by atoms with Gasteiger partial charge in [-0.2, -0.15) is 0 Å². The number of thioether (sulfide) groups is 1. The molecule has 2 nitrogen and oxygen atoms in total. The summed E-state index contributed by atoms with van der Waals surface area (Å²) in [6.07, 6.45) is 3.24. The summed E-state index contributed by atoms with van der Waals surface area (Å²) in [6.45, 7) is 4.14. The van der Waals surface area contributed by atoms with E-state index in [0.717, 1.165) is 43.2 Å². The van der Waals surface area contributed by atoms with Crippen molar-refractivity contribution in [3.8, 4) is 0 Å². The van der Waals surface area contributed by atoms with Gasteiger partial charge >= 0.3 is 0 Å². The van der Waals surface area contributed by atoms with Crippen molar-refractivity contribution in [1.29, 1.82) is 0 Å². The molecule has 1 saturated heterocycles. The van der Waals surface area contributed by atoms with Crippen LogP contribution in [0.3, 0.4) is 0 Å². The quantitative estimate of drug-likeness (QED) is 0.742. The van der Waals surface area contributed by atoms with Crippen LogP contribution in [0, 0.1) is 0 Å². The van der Waals surface area contributed by atoms with E-state index in [0.29, 0.717) is 5.02 Å². The normalized spacial score (nSPS) is 17.5. The van der Waals surface area contributed by atoms with Crippen LogP contribution in [0.4, 0.5) is 0 Å². The molecule has 1 N–H and O–H groups in total. The molecule has 1 aliphatic heterocycles. The molecule has 2 aromatic rings. The fourth-order valence-electron chi connectivity index (χ4n) is 3.22. The van der Waals surface area contributed by atoms with Crippen LogP contribution in [-0.2, 0) is 0 Å². The van der Waals surface area contributed by atoms with Crippen LogP contribution in [-0.4, -0.2) is 37.3 Å². The molecule has 3 rings (SSSR count). The number of hydrogen-bond acceptors (Lipinski definition) is 3. The molecule has 1 aliphatic rings. The maximum absolute atomic E-state index is 6.56. The van der Waals surface area contributed by atoms with Crippen LogP contribution in [0.15, 0.2) is 47.4 Å². The Kier molecular flexibility index (Phi) is 6.48. The third kappa shape index (κ3) is 4.27. The van der Waals surface area contributed by atoms with Crippen LogP contribution in [0.25, 0.3) is 0 Å². The molecular weight excluding hydrogens is 359 g/mol. The lowest BCUT2D eigenvalue weighted by Gasteiger charge is -2.32. The van der Waals surface area contributed by atoms with E-state index in [-0.39, 0.29) is 6.04 Å². The van der Waals surface area contributed by atoms with Crippen molar-refractivity contribution in [2.75, 3.05) is 32.4 Å². The van der Waals surface area contributed by atoms with Crippen molar-refractivity contribution in [2.24, 2.45) is 0 Å². The molecule has 0 radical (unpaired) electrons. The van der Waals surface area contributed by atoms with Gasteiger partial charge in [-0.05, 0) is 54.6 Å². The Morgan fingerprint density at radius 2 is 1.83 bits per heavy atom. The Bertz CT molecular complexity index is 668. The molecule has 1 fully saturated rings. The van der Waals surface area contributed by atoms with E-state index < -0.39 is 0 Å². The largest absolute Gasteiger partial charge is 0.315 e. The number of halogens is 2. The van der Waals surface area contributed by atoms with Crippen LogP contribution >= 0.6 is 35.0 Å². The number of benzene rings is 2. The van der Waals surface area contributed by atoms with Crippen molar-refractivity contribution in [2.45, 2.75) is 17.4 Å². The summed E-state index contributed by atoms with van der Waals surface area (Å²) in [7, 11) is 0. The van der Waals surface area contributed by atoms with Gasteiger partial charge in [0, 0.05) is 34.6 Å². The minimum atomic E-state index is 0.158. The van der Waals surface area contributed by atoms with Crippen molar-refractivity contribution in [3.63, 3.8) is 0 Å². The summed E-state index contributed by atoms with van der Waals surface area (Å²) in [5, 5.41) is 4.89. The zero-order chi connectivity index (χ0) is 16.9. The Hall–Kier alpha value is -0.710. The predicted molar refractivity (Wildman–Crippen MR) is 106 cm³/mol. The standard InChI is InChI=1S/C19H22Cl2N2S/c1-24-16-6-3-14(4-7-16)19(23-11-2-9-22-10-12-23)17-8-5-15(20)13-18(17)21/h3-8,13,19,22H,2,9-12H2,1H3. The molecule has 128 valence electrons. The topological polar surface area (TPSA) is 15.3 Å². The molecule has 0 saturated carbocycles. The summed E-state index contributed by atoms with van der Waals surface area (Å²) < 4.78 is 0. The number of nitrogens with one attached hydrogen (secondary N) is 1. The molecule has 0 amide bonds. The maximum Gasteiger partial charge on any atom is 0.0617 e. The highest BCUT2D eigenvalue weighted by atomic mass is 35.5. The van der Waals surface area contributed by atoms with Crippen molar-refractivity contribution in [3.05, 3.63) is 63.6 Å². The van der Waals surface area contributed by atoms with Gasteiger partial charge in [0.15, 0.2) is 0 Å². The first-order valence-corrected chi connectivity index (χ1v) is 10.2. The summed E-state index contributed by atoms with van der Waals surface area (Å²) in [5.41, 5.74) is 2.40. The van der Waals surface area contributed by atoms with Gasteiger partial charge in [0.1, 0.15) is 0 Å². The van der Waals surface area contributed by atoms with Crippen molar-refractivity contribution in [1.82, 2.24) is 10.2 Å². The Balaban J connectivity index is 2.01. The third-order valence-electron chi connectivity index (χ3n) is 4.43. The second-order valence-corrected chi connectivity index (χ2v) is 7.70. The van der Waals surface area contributed by atoms with Gasteiger partial charge < -0.3 is 5.32 Å². The van der Waals surface area contributed by atoms with E-state index in [1.54, 1.807) is 11.8 Å². The SMILES string of the molecule is CSc1ccc(C(c2ccc(Cl)cc2Cl)N2CCCNCC2)cc1. The monoisotopic (exact) mass is 380 g/mol. The molecule has 5 heteroatoms. The molecule has 0 aliphatic carbocycles. The zero-order valence-electron chi connectivity index (χ0n) is 13.8. The van der Waals surface area contributed by atoms with Crippen molar-refractivity contribution >= 4 is 35.0 Å². The third-order valence-corrected chi connectivity index (χ3v) is 5.73. The predicted octanol–water partition coefficient (Wildman–Crippen LogP) is 5.10. The molecular formula is C19H22Cl2N2S. The first kappa shape index (κ1) is 18.1. The first-order valence-electron chi connectivity index (χ1n) is 8.22. The molecule has 1 heterocycles. The molecule has 1 unspecified atom stereocenters. The average molecular weight is 381 g/mol. The van der Waals surface area contributed by atoms with Crippen molar-refractivity contribution < 1.29 is 0 Å². The first-order chi connectivity index (χ1) is 11.7. The Labute approximate surface area is 158 Å². The smallest absolute Gasteiger partial charge is 0.0617 e. The van der Waals surface area contributed by atoms with Crippen LogP contribution in [0.5, 0.6) is 0 Å². The molecule has 0 bridgehead atoms. The van der Waals surface area contributed by atoms with Gasteiger partial charge in [-0.3, -0.25) is 4.90 Å². The summed E-state index contributed by atoms with van der Waals surface area (Å²) in [6, 6.07) is 14.8. The van der Waals surface area contributed by atoms with Crippen LogP contribution in [0.2, 0.25) is 10.0 Å². The minimum absolute atomic E-state index is 0.158. The van der Waals surface area contributed by atoms with Gasteiger partial charge in [0.05, 0.1) is 6.04 Å². The molecule has 0 aromatic heterocycles. The second-order valence-electron chi connectivity index (χ2n) is 5.98. The number of hydrogen-bond donors (Lipinski definition) is 1. The highest BCUT2D eigenvalue weighted by Gasteiger charge is 2.25. The zero-order valence-corrected chi connectivity index (χ0v) is 16.1. The van der Waals surface area contributed by atoms with E-state index in [1.807, 2.05) is 12.1 Å². The molecule has 1 atom stereocenters. The highest BCUT2D eigenvalue weighted by molar-refractivity contribution is 7.98. The minimum Gasteiger partial charge on any atom is -0.315 e. The lowest BCUT2D eigenvalue weighted by molar-refractivity contribution is 0.241. The second kappa shape index (κ2) is 8.59.